The van der Waals surface area contributed by atoms with Crippen molar-refractivity contribution in [2.24, 2.45) is 0 Å². The topological polar surface area (TPSA) is 64.4 Å². The van der Waals surface area contributed by atoms with E-state index in [2.05, 4.69) is 0 Å². The summed E-state index contributed by atoms with van der Waals surface area (Å²) in [6.07, 6.45) is 0. The number of esters is 1. The van der Waals surface area contributed by atoms with E-state index in [1.54, 1.807) is 34.3 Å². The van der Waals surface area contributed by atoms with Crippen molar-refractivity contribution < 1.29 is 14.3 Å². The first kappa shape index (κ1) is 20.2. The Morgan fingerprint density at radius 1 is 1.10 bits per heavy atom. The SMILES string of the molecule is CCOC(=O)C1CSCCN1C(=O)c1cc(-c2ccccc2)nn1-c1ccccc1. The van der Waals surface area contributed by atoms with Crippen molar-refractivity contribution in [3.05, 3.63) is 72.4 Å². The molecule has 2 heterocycles. The maximum absolute atomic E-state index is 13.6. The number of thioether (sulfide) groups is 1. The Morgan fingerprint density at radius 3 is 2.50 bits per heavy atom. The van der Waals surface area contributed by atoms with E-state index in [0.717, 1.165) is 17.0 Å². The van der Waals surface area contributed by atoms with Crippen LogP contribution in [0.25, 0.3) is 16.9 Å². The van der Waals surface area contributed by atoms with Gasteiger partial charge in [-0.1, -0.05) is 48.5 Å². The molecule has 1 aliphatic heterocycles. The molecule has 0 bridgehead atoms. The van der Waals surface area contributed by atoms with Crippen molar-refractivity contribution in [3.63, 3.8) is 0 Å². The van der Waals surface area contributed by atoms with E-state index in [9.17, 15) is 9.59 Å². The van der Waals surface area contributed by atoms with Crippen molar-refractivity contribution in [1.29, 1.82) is 0 Å². The number of nitrogens with zero attached hydrogens (tertiary/aromatic N) is 3. The van der Waals surface area contributed by atoms with Crippen molar-refractivity contribution in [1.82, 2.24) is 14.7 Å². The molecule has 0 aliphatic carbocycles. The molecule has 2 aromatic carbocycles. The van der Waals surface area contributed by atoms with Crippen LogP contribution in [0.2, 0.25) is 0 Å². The zero-order chi connectivity index (χ0) is 20.9. The number of hydrogen-bond donors (Lipinski definition) is 0. The van der Waals surface area contributed by atoms with Gasteiger partial charge in [-0.15, -0.1) is 0 Å². The molecule has 1 aromatic heterocycles. The van der Waals surface area contributed by atoms with Crippen LogP contribution in [0.5, 0.6) is 0 Å². The summed E-state index contributed by atoms with van der Waals surface area (Å²) in [5.41, 5.74) is 2.86. The fraction of sp³-hybridized carbons (Fsp3) is 0.261. The maximum Gasteiger partial charge on any atom is 0.329 e. The Bertz CT molecular complexity index is 1020. The molecule has 1 aliphatic rings. The summed E-state index contributed by atoms with van der Waals surface area (Å²) in [7, 11) is 0. The second-order valence-electron chi connectivity index (χ2n) is 6.87. The number of carbonyl (C=O) groups excluding carboxylic acids is 2. The van der Waals surface area contributed by atoms with Gasteiger partial charge in [0.05, 0.1) is 18.0 Å². The maximum atomic E-state index is 13.6. The van der Waals surface area contributed by atoms with E-state index in [-0.39, 0.29) is 11.9 Å². The summed E-state index contributed by atoms with van der Waals surface area (Å²) >= 11 is 1.66. The molecule has 1 saturated heterocycles. The van der Waals surface area contributed by atoms with Crippen LogP contribution < -0.4 is 0 Å². The van der Waals surface area contributed by atoms with E-state index in [1.807, 2.05) is 60.7 Å². The fourth-order valence-electron chi connectivity index (χ4n) is 3.48. The Balaban J connectivity index is 1.75. The van der Waals surface area contributed by atoms with Gasteiger partial charge in [0.2, 0.25) is 0 Å². The summed E-state index contributed by atoms with van der Waals surface area (Å²) in [5, 5.41) is 4.72. The van der Waals surface area contributed by atoms with Gasteiger partial charge in [-0.25, -0.2) is 9.48 Å². The Labute approximate surface area is 179 Å². The van der Waals surface area contributed by atoms with Gasteiger partial charge in [0.15, 0.2) is 0 Å². The molecule has 0 saturated carbocycles. The molecule has 7 heteroatoms. The minimum Gasteiger partial charge on any atom is -0.464 e. The third kappa shape index (κ3) is 4.11. The molecule has 1 amide bonds. The zero-order valence-electron chi connectivity index (χ0n) is 16.7. The van der Waals surface area contributed by atoms with Crippen LogP contribution in [-0.4, -0.2) is 57.3 Å². The highest BCUT2D eigenvalue weighted by Crippen LogP contribution is 2.25. The zero-order valence-corrected chi connectivity index (χ0v) is 17.5. The number of hydrogen-bond acceptors (Lipinski definition) is 5. The highest BCUT2D eigenvalue weighted by atomic mass is 32.2. The van der Waals surface area contributed by atoms with Crippen LogP contribution >= 0.6 is 11.8 Å². The van der Waals surface area contributed by atoms with Crippen molar-refractivity contribution in [2.45, 2.75) is 13.0 Å². The molecule has 3 aromatic rings. The van der Waals surface area contributed by atoms with Crippen molar-refractivity contribution in [2.75, 3.05) is 24.7 Å². The Morgan fingerprint density at radius 2 is 1.80 bits per heavy atom. The van der Waals surface area contributed by atoms with E-state index >= 15 is 0 Å². The third-order valence-electron chi connectivity index (χ3n) is 4.95. The summed E-state index contributed by atoms with van der Waals surface area (Å²) in [6, 6.07) is 20.5. The predicted octanol–water partition coefficient (Wildman–Crippen LogP) is 3.66. The van der Waals surface area contributed by atoms with Gasteiger partial charge in [-0.2, -0.15) is 16.9 Å². The summed E-state index contributed by atoms with van der Waals surface area (Å²) in [6.45, 7) is 2.56. The largest absolute Gasteiger partial charge is 0.464 e. The second-order valence-corrected chi connectivity index (χ2v) is 8.02. The number of aromatic nitrogens is 2. The number of amides is 1. The molecule has 1 fully saturated rings. The normalized spacial score (nSPS) is 16.3. The molecular formula is C23H23N3O3S. The van der Waals surface area contributed by atoms with E-state index in [0.29, 0.717) is 30.3 Å². The second kappa shape index (κ2) is 9.17. The van der Waals surface area contributed by atoms with Crippen LogP contribution in [0.4, 0.5) is 0 Å². The Kier molecular flexibility index (Phi) is 6.18. The monoisotopic (exact) mass is 421 g/mol. The first-order valence-electron chi connectivity index (χ1n) is 9.95. The minimum absolute atomic E-state index is 0.216. The van der Waals surface area contributed by atoms with Crippen LogP contribution in [0.3, 0.4) is 0 Å². The van der Waals surface area contributed by atoms with Crippen LogP contribution in [0.15, 0.2) is 66.7 Å². The van der Waals surface area contributed by atoms with Gasteiger partial charge in [0, 0.05) is 23.6 Å². The van der Waals surface area contributed by atoms with Gasteiger partial charge in [-0.05, 0) is 25.1 Å². The number of rotatable bonds is 5. The van der Waals surface area contributed by atoms with E-state index in [1.165, 1.54) is 0 Å². The van der Waals surface area contributed by atoms with Crippen molar-refractivity contribution in [3.8, 4) is 16.9 Å². The molecule has 154 valence electrons. The standard InChI is InChI=1S/C23H23N3O3S/c1-2-29-23(28)21-16-30-14-13-25(21)22(27)20-15-19(17-9-5-3-6-10-17)24-26(20)18-11-7-4-8-12-18/h3-12,15,21H,2,13-14,16H2,1H3. The Hall–Kier alpha value is -3.06. The smallest absolute Gasteiger partial charge is 0.329 e. The molecule has 30 heavy (non-hydrogen) atoms. The van der Waals surface area contributed by atoms with E-state index in [4.69, 9.17) is 9.84 Å². The highest BCUT2D eigenvalue weighted by molar-refractivity contribution is 7.99. The molecule has 0 N–H and O–H groups in total. The van der Waals surface area contributed by atoms with Gasteiger partial charge >= 0.3 is 5.97 Å². The average molecular weight is 422 g/mol. The highest BCUT2D eigenvalue weighted by Gasteiger charge is 2.35. The van der Waals surface area contributed by atoms with Gasteiger partial charge < -0.3 is 9.64 Å². The van der Waals surface area contributed by atoms with E-state index < -0.39 is 6.04 Å². The lowest BCUT2D eigenvalue weighted by atomic mass is 10.1. The number of para-hydroxylation sites is 1. The number of benzene rings is 2. The molecule has 0 spiro atoms. The van der Waals surface area contributed by atoms with Gasteiger partial charge in [-0.3, -0.25) is 4.79 Å². The molecule has 6 nitrogen and oxygen atoms in total. The first-order chi connectivity index (χ1) is 14.7. The molecule has 1 unspecified atom stereocenters. The summed E-state index contributed by atoms with van der Waals surface area (Å²) in [5.74, 6) is 0.751. The molecule has 0 radical (unpaired) electrons. The van der Waals surface area contributed by atoms with Crippen LogP contribution in [0.1, 0.15) is 17.4 Å². The number of ether oxygens (including phenoxy) is 1. The van der Waals surface area contributed by atoms with Crippen LogP contribution in [0, 0.1) is 0 Å². The molecular weight excluding hydrogens is 398 g/mol. The van der Waals surface area contributed by atoms with Gasteiger partial charge in [0.1, 0.15) is 11.7 Å². The molecule has 4 rings (SSSR count). The lowest BCUT2D eigenvalue weighted by Gasteiger charge is -2.33. The third-order valence-corrected chi connectivity index (χ3v) is 5.97. The molecule has 1 atom stereocenters. The summed E-state index contributed by atoms with van der Waals surface area (Å²) in [4.78, 5) is 27.7. The minimum atomic E-state index is -0.588. The summed E-state index contributed by atoms with van der Waals surface area (Å²) < 4.78 is 6.88. The fourth-order valence-corrected chi connectivity index (χ4v) is 4.51. The average Bonchev–Trinajstić information content (AvgIpc) is 3.25. The van der Waals surface area contributed by atoms with Gasteiger partial charge in [0.25, 0.3) is 5.91 Å². The lowest BCUT2D eigenvalue weighted by molar-refractivity contribution is -0.147. The van der Waals surface area contributed by atoms with Crippen molar-refractivity contribution >= 4 is 23.6 Å². The quantitative estimate of drug-likeness (QED) is 0.589. The predicted molar refractivity (Wildman–Crippen MR) is 118 cm³/mol. The van der Waals surface area contributed by atoms with Crippen LogP contribution in [-0.2, 0) is 9.53 Å². The number of carbonyl (C=O) groups is 2. The first-order valence-corrected chi connectivity index (χ1v) is 11.1. The lowest BCUT2D eigenvalue weighted by Crippen LogP contribution is -2.51.